The summed E-state index contributed by atoms with van der Waals surface area (Å²) in [6.45, 7) is 6.04. The van der Waals surface area contributed by atoms with E-state index in [0.29, 0.717) is 12.3 Å². The van der Waals surface area contributed by atoms with Gasteiger partial charge in [0.1, 0.15) is 5.92 Å². The molecule has 0 aromatic heterocycles. The van der Waals surface area contributed by atoms with Gasteiger partial charge in [-0.25, -0.2) is 0 Å². The van der Waals surface area contributed by atoms with Crippen LogP contribution in [0.3, 0.4) is 0 Å². The number of anilines is 1. The molecule has 1 unspecified atom stereocenters. The first-order valence-corrected chi connectivity index (χ1v) is 5.89. The Bertz CT molecular complexity index is 432. The highest BCUT2D eigenvalue weighted by Gasteiger charge is 2.15. The molecule has 1 atom stereocenters. The van der Waals surface area contributed by atoms with E-state index in [-0.39, 0.29) is 5.91 Å². The third-order valence-corrected chi connectivity index (χ3v) is 2.70. The quantitative estimate of drug-likeness (QED) is 0.862. The fourth-order valence-corrected chi connectivity index (χ4v) is 1.54. The van der Waals surface area contributed by atoms with E-state index in [1.165, 1.54) is 5.56 Å². The van der Waals surface area contributed by atoms with E-state index < -0.39 is 5.92 Å². The summed E-state index contributed by atoms with van der Waals surface area (Å²) in [6.07, 6.45) is 0.534. The van der Waals surface area contributed by atoms with Crippen LogP contribution in [0.4, 0.5) is 5.69 Å². The standard InChI is InChI=1S/C14H18N2O/c1-4-11(9-15)14(17)16-13-7-5-6-12(8-13)10(2)3/h5-8,10-11H,4H2,1-3H3,(H,16,17). The van der Waals surface area contributed by atoms with Crippen LogP contribution in [0.15, 0.2) is 24.3 Å². The molecular formula is C14H18N2O. The molecule has 1 aromatic carbocycles. The first-order chi connectivity index (χ1) is 8.08. The van der Waals surface area contributed by atoms with Crippen molar-refractivity contribution in [2.75, 3.05) is 5.32 Å². The monoisotopic (exact) mass is 230 g/mol. The Hall–Kier alpha value is -1.82. The number of hydrogen-bond acceptors (Lipinski definition) is 2. The van der Waals surface area contributed by atoms with Gasteiger partial charge < -0.3 is 5.32 Å². The minimum Gasteiger partial charge on any atom is -0.325 e. The Morgan fingerprint density at radius 3 is 2.71 bits per heavy atom. The molecule has 0 saturated heterocycles. The van der Waals surface area contributed by atoms with E-state index in [4.69, 9.17) is 5.26 Å². The molecule has 0 radical (unpaired) electrons. The van der Waals surface area contributed by atoms with Gasteiger partial charge in [-0.15, -0.1) is 0 Å². The van der Waals surface area contributed by atoms with Crippen LogP contribution >= 0.6 is 0 Å². The Morgan fingerprint density at radius 2 is 2.18 bits per heavy atom. The zero-order chi connectivity index (χ0) is 12.8. The predicted octanol–water partition coefficient (Wildman–Crippen LogP) is 3.30. The highest BCUT2D eigenvalue weighted by molar-refractivity contribution is 5.94. The largest absolute Gasteiger partial charge is 0.325 e. The molecule has 0 heterocycles. The lowest BCUT2D eigenvalue weighted by Crippen LogP contribution is -2.20. The number of nitriles is 1. The van der Waals surface area contributed by atoms with E-state index in [1.54, 1.807) is 0 Å². The maximum atomic E-state index is 11.7. The molecular weight excluding hydrogens is 212 g/mol. The summed E-state index contributed by atoms with van der Waals surface area (Å²) in [5.41, 5.74) is 1.93. The Kier molecular flexibility index (Phi) is 4.71. The van der Waals surface area contributed by atoms with Crippen molar-refractivity contribution in [3.8, 4) is 6.07 Å². The van der Waals surface area contributed by atoms with Crippen LogP contribution in [0, 0.1) is 17.2 Å². The summed E-state index contributed by atoms with van der Waals surface area (Å²) in [5.74, 6) is -0.376. The number of rotatable bonds is 4. The van der Waals surface area contributed by atoms with Crippen molar-refractivity contribution < 1.29 is 4.79 Å². The molecule has 0 bridgehead atoms. The summed E-state index contributed by atoms with van der Waals surface area (Å²) in [6, 6.07) is 9.73. The maximum absolute atomic E-state index is 11.7. The van der Waals surface area contributed by atoms with Gasteiger partial charge in [0.25, 0.3) is 0 Å². The summed E-state index contributed by atoms with van der Waals surface area (Å²) in [7, 11) is 0. The van der Waals surface area contributed by atoms with Crippen LogP contribution in [0.25, 0.3) is 0 Å². The normalized spacial score (nSPS) is 11.9. The van der Waals surface area contributed by atoms with Gasteiger partial charge in [0.05, 0.1) is 6.07 Å². The number of nitrogens with one attached hydrogen (secondary N) is 1. The van der Waals surface area contributed by atoms with Gasteiger partial charge in [-0.1, -0.05) is 32.9 Å². The summed E-state index contributed by atoms with van der Waals surface area (Å²) in [4.78, 5) is 11.7. The Balaban J connectivity index is 2.79. The number of carbonyl (C=O) groups excluding carboxylic acids is 1. The van der Waals surface area contributed by atoms with Gasteiger partial charge in [0.2, 0.25) is 5.91 Å². The second kappa shape index (κ2) is 6.05. The first-order valence-electron chi connectivity index (χ1n) is 5.89. The maximum Gasteiger partial charge on any atom is 0.241 e. The van der Waals surface area contributed by atoms with Crippen LogP contribution in [-0.4, -0.2) is 5.91 Å². The number of carbonyl (C=O) groups is 1. The van der Waals surface area contributed by atoms with Gasteiger partial charge in [-0.3, -0.25) is 4.79 Å². The van der Waals surface area contributed by atoms with E-state index >= 15 is 0 Å². The van der Waals surface area contributed by atoms with Crippen molar-refractivity contribution in [2.45, 2.75) is 33.1 Å². The molecule has 0 aliphatic carbocycles. The number of hydrogen-bond donors (Lipinski definition) is 1. The van der Waals surface area contributed by atoms with Gasteiger partial charge >= 0.3 is 0 Å². The molecule has 1 N–H and O–H groups in total. The topological polar surface area (TPSA) is 52.9 Å². The average molecular weight is 230 g/mol. The van der Waals surface area contributed by atoms with Gasteiger partial charge in [0.15, 0.2) is 0 Å². The van der Waals surface area contributed by atoms with E-state index in [2.05, 4.69) is 19.2 Å². The summed E-state index contributed by atoms with van der Waals surface area (Å²) in [5, 5.41) is 11.6. The minimum absolute atomic E-state index is 0.226. The van der Waals surface area contributed by atoms with Crippen LogP contribution in [-0.2, 0) is 4.79 Å². The molecule has 0 aliphatic heterocycles. The minimum atomic E-state index is -0.572. The molecule has 1 aromatic rings. The van der Waals surface area contributed by atoms with Crippen LogP contribution < -0.4 is 5.32 Å². The second-order valence-corrected chi connectivity index (χ2v) is 4.36. The van der Waals surface area contributed by atoms with E-state index in [9.17, 15) is 4.79 Å². The van der Waals surface area contributed by atoms with Crippen molar-refractivity contribution >= 4 is 11.6 Å². The zero-order valence-electron chi connectivity index (χ0n) is 10.5. The average Bonchev–Trinajstić information content (AvgIpc) is 2.30. The third kappa shape index (κ3) is 3.60. The smallest absolute Gasteiger partial charge is 0.241 e. The van der Waals surface area contributed by atoms with Gasteiger partial charge in [0, 0.05) is 5.69 Å². The lowest BCUT2D eigenvalue weighted by molar-refractivity contribution is -0.118. The molecule has 17 heavy (non-hydrogen) atoms. The van der Waals surface area contributed by atoms with Gasteiger partial charge in [-0.2, -0.15) is 5.26 Å². The molecule has 1 rings (SSSR count). The SMILES string of the molecule is CCC(C#N)C(=O)Nc1cccc(C(C)C)c1. The fraction of sp³-hybridized carbons (Fsp3) is 0.429. The van der Waals surface area contributed by atoms with E-state index in [0.717, 1.165) is 5.69 Å². The molecule has 0 fully saturated rings. The first kappa shape index (κ1) is 13.2. The van der Waals surface area contributed by atoms with Crippen molar-refractivity contribution in [1.29, 1.82) is 5.26 Å². The van der Waals surface area contributed by atoms with Crippen molar-refractivity contribution in [2.24, 2.45) is 5.92 Å². The highest BCUT2D eigenvalue weighted by atomic mass is 16.1. The lowest BCUT2D eigenvalue weighted by Gasteiger charge is -2.11. The molecule has 3 heteroatoms. The predicted molar refractivity (Wildman–Crippen MR) is 68.6 cm³/mol. The van der Waals surface area contributed by atoms with Crippen LogP contribution in [0.1, 0.15) is 38.7 Å². The third-order valence-electron chi connectivity index (χ3n) is 2.70. The Morgan fingerprint density at radius 1 is 1.47 bits per heavy atom. The van der Waals surface area contributed by atoms with Crippen molar-refractivity contribution in [1.82, 2.24) is 0 Å². The second-order valence-electron chi connectivity index (χ2n) is 4.36. The molecule has 0 spiro atoms. The van der Waals surface area contributed by atoms with Crippen LogP contribution in [0.5, 0.6) is 0 Å². The summed E-state index contributed by atoms with van der Waals surface area (Å²) >= 11 is 0. The fourth-order valence-electron chi connectivity index (χ4n) is 1.54. The number of benzene rings is 1. The molecule has 0 saturated carbocycles. The van der Waals surface area contributed by atoms with Crippen molar-refractivity contribution in [3.05, 3.63) is 29.8 Å². The zero-order valence-corrected chi connectivity index (χ0v) is 10.5. The highest BCUT2D eigenvalue weighted by Crippen LogP contribution is 2.19. The molecule has 0 aliphatic rings. The number of amides is 1. The van der Waals surface area contributed by atoms with Crippen molar-refractivity contribution in [3.63, 3.8) is 0 Å². The van der Waals surface area contributed by atoms with Gasteiger partial charge in [-0.05, 0) is 30.0 Å². The van der Waals surface area contributed by atoms with E-state index in [1.807, 2.05) is 37.3 Å². The molecule has 3 nitrogen and oxygen atoms in total. The summed E-state index contributed by atoms with van der Waals surface area (Å²) < 4.78 is 0. The number of nitrogens with zero attached hydrogens (tertiary/aromatic N) is 1. The Labute approximate surface area is 102 Å². The molecule has 1 amide bonds. The molecule has 90 valence electrons. The van der Waals surface area contributed by atoms with Crippen LogP contribution in [0.2, 0.25) is 0 Å². The lowest BCUT2D eigenvalue weighted by atomic mass is 10.0.